The smallest absolute Gasteiger partial charge is 0.331 e. The lowest BCUT2D eigenvalue weighted by molar-refractivity contribution is -0.185. The summed E-state index contributed by atoms with van der Waals surface area (Å²) in [5.41, 5.74) is 3.34. The summed E-state index contributed by atoms with van der Waals surface area (Å²) >= 11 is 0. The number of amides is 2. The lowest BCUT2D eigenvalue weighted by atomic mass is 10.0. The number of hydrogen-bond acceptors (Lipinski definition) is 2. The number of nitrogens with zero attached hydrogens (tertiary/aromatic N) is 1. The second-order valence-electron chi connectivity index (χ2n) is 6.29. The van der Waals surface area contributed by atoms with E-state index >= 15 is 0 Å². The van der Waals surface area contributed by atoms with Crippen LogP contribution in [0.15, 0.2) is 42.5 Å². The van der Waals surface area contributed by atoms with E-state index in [1.807, 2.05) is 26.0 Å². The van der Waals surface area contributed by atoms with Gasteiger partial charge in [0, 0.05) is 24.3 Å². The Hall–Kier alpha value is -2.83. The molecule has 0 aliphatic carbocycles. The summed E-state index contributed by atoms with van der Waals surface area (Å²) in [6, 6.07) is 11.9. The number of halogens is 3. The van der Waals surface area contributed by atoms with Crippen molar-refractivity contribution in [1.29, 1.82) is 0 Å². The number of aryl methyl sites for hydroxylation is 2. The Kier molecular flexibility index (Phi) is 6.25. The molecule has 0 aliphatic heterocycles. The summed E-state index contributed by atoms with van der Waals surface area (Å²) in [6.45, 7) is 4.98. The van der Waals surface area contributed by atoms with Crippen LogP contribution >= 0.6 is 0 Å². The maximum Gasteiger partial charge on any atom is 0.471 e. The molecule has 0 unspecified atom stereocenters. The van der Waals surface area contributed by atoms with Crippen LogP contribution in [-0.4, -0.2) is 29.4 Å². The second-order valence-corrected chi connectivity index (χ2v) is 6.29. The van der Waals surface area contributed by atoms with Gasteiger partial charge in [-0.3, -0.25) is 9.59 Å². The van der Waals surface area contributed by atoms with Gasteiger partial charge in [0.25, 0.3) is 5.91 Å². The third-order valence-electron chi connectivity index (χ3n) is 4.10. The average molecular weight is 378 g/mol. The molecule has 0 fully saturated rings. The minimum Gasteiger partial charge on any atom is -0.331 e. The SMILES string of the molecule is CCN(Cc1cccc(NC(=O)c2ccc(C)cc2C)c1)C(=O)C(F)(F)F. The van der Waals surface area contributed by atoms with Crippen molar-refractivity contribution in [3.05, 3.63) is 64.7 Å². The van der Waals surface area contributed by atoms with Crippen LogP contribution in [0.5, 0.6) is 0 Å². The Morgan fingerprint density at radius 1 is 1.07 bits per heavy atom. The van der Waals surface area contributed by atoms with Gasteiger partial charge in [0.2, 0.25) is 0 Å². The molecular formula is C20H21F3N2O2. The normalized spacial score (nSPS) is 11.2. The highest BCUT2D eigenvalue weighted by atomic mass is 19.4. The first kappa shape index (κ1) is 20.5. The van der Waals surface area contributed by atoms with Crippen molar-refractivity contribution in [2.45, 2.75) is 33.5 Å². The van der Waals surface area contributed by atoms with Crippen LogP contribution in [0.1, 0.15) is 34.0 Å². The molecule has 0 spiro atoms. The van der Waals surface area contributed by atoms with Gasteiger partial charge in [-0.25, -0.2) is 0 Å². The predicted octanol–water partition coefficient (Wildman–Crippen LogP) is 4.47. The Morgan fingerprint density at radius 3 is 2.37 bits per heavy atom. The molecule has 0 radical (unpaired) electrons. The molecule has 2 aromatic carbocycles. The highest BCUT2D eigenvalue weighted by Crippen LogP contribution is 2.21. The number of anilines is 1. The van der Waals surface area contributed by atoms with Crippen molar-refractivity contribution in [1.82, 2.24) is 4.90 Å². The molecule has 0 aromatic heterocycles. The van der Waals surface area contributed by atoms with Gasteiger partial charge in [0.1, 0.15) is 0 Å². The summed E-state index contributed by atoms with van der Waals surface area (Å²) < 4.78 is 37.9. The summed E-state index contributed by atoms with van der Waals surface area (Å²) in [7, 11) is 0. The summed E-state index contributed by atoms with van der Waals surface area (Å²) in [5.74, 6) is -2.18. The minimum atomic E-state index is -4.91. The lowest BCUT2D eigenvalue weighted by Gasteiger charge is -2.22. The first-order chi connectivity index (χ1) is 12.6. The molecule has 144 valence electrons. The van der Waals surface area contributed by atoms with Gasteiger partial charge in [-0.2, -0.15) is 13.2 Å². The third-order valence-corrected chi connectivity index (χ3v) is 4.10. The van der Waals surface area contributed by atoms with E-state index in [4.69, 9.17) is 0 Å². The van der Waals surface area contributed by atoms with Gasteiger partial charge in [-0.1, -0.05) is 29.8 Å². The second kappa shape index (κ2) is 8.24. The standard InChI is InChI=1S/C20H21F3N2O2/c1-4-25(19(27)20(21,22)23)12-15-6-5-7-16(11-15)24-18(26)17-9-8-13(2)10-14(17)3/h5-11H,4,12H2,1-3H3,(H,24,26). The van der Waals surface area contributed by atoms with Crippen LogP contribution in [0.2, 0.25) is 0 Å². The summed E-state index contributed by atoms with van der Waals surface area (Å²) in [4.78, 5) is 24.6. The molecule has 0 saturated heterocycles. The Bertz CT molecular complexity index is 847. The molecule has 7 heteroatoms. The molecular weight excluding hydrogens is 357 g/mol. The zero-order chi connectivity index (χ0) is 20.2. The fourth-order valence-corrected chi connectivity index (χ4v) is 2.74. The maximum atomic E-state index is 12.6. The molecule has 2 amide bonds. The molecule has 0 bridgehead atoms. The van der Waals surface area contributed by atoms with E-state index in [1.165, 1.54) is 6.92 Å². The van der Waals surface area contributed by atoms with Crippen molar-refractivity contribution in [2.75, 3.05) is 11.9 Å². The fourth-order valence-electron chi connectivity index (χ4n) is 2.74. The van der Waals surface area contributed by atoms with E-state index < -0.39 is 12.1 Å². The van der Waals surface area contributed by atoms with Gasteiger partial charge in [-0.15, -0.1) is 0 Å². The summed E-state index contributed by atoms with van der Waals surface area (Å²) in [6.07, 6.45) is -4.91. The van der Waals surface area contributed by atoms with Gasteiger partial charge in [0.15, 0.2) is 0 Å². The van der Waals surface area contributed by atoms with Crippen LogP contribution in [0, 0.1) is 13.8 Å². The molecule has 27 heavy (non-hydrogen) atoms. The van der Waals surface area contributed by atoms with Crippen molar-refractivity contribution in [3.8, 4) is 0 Å². The molecule has 0 atom stereocenters. The van der Waals surface area contributed by atoms with Crippen molar-refractivity contribution in [3.63, 3.8) is 0 Å². The van der Waals surface area contributed by atoms with E-state index in [-0.39, 0.29) is 19.0 Å². The Labute approximate surface area is 156 Å². The van der Waals surface area contributed by atoms with Crippen LogP contribution in [0.4, 0.5) is 18.9 Å². The number of benzene rings is 2. The topological polar surface area (TPSA) is 49.4 Å². The van der Waals surface area contributed by atoms with E-state index in [2.05, 4.69) is 5.32 Å². The van der Waals surface area contributed by atoms with Crippen molar-refractivity contribution >= 4 is 17.5 Å². The molecule has 1 N–H and O–H groups in total. The van der Waals surface area contributed by atoms with Crippen LogP contribution in [0.25, 0.3) is 0 Å². The van der Waals surface area contributed by atoms with E-state index in [0.29, 0.717) is 21.7 Å². The fraction of sp³-hybridized carbons (Fsp3) is 0.300. The quantitative estimate of drug-likeness (QED) is 0.835. The average Bonchev–Trinajstić information content (AvgIpc) is 2.58. The largest absolute Gasteiger partial charge is 0.471 e. The van der Waals surface area contributed by atoms with Gasteiger partial charge in [-0.05, 0) is 50.1 Å². The number of carbonyl (C=O) groups excluding carboxylic acids is 2. The van der Waals surface area contributed by atoms with E-state index in [9.17, 15) is 22.8 Å². The highest BCUT2D eigenvalue weighted by Gasteiger charge is 2.41. The molecule has 0 heterocycles. The number of nitrogens with one attached hydrogen (secondary N) is 1. The van der Waals surface area contributed by atoms with Crippen LogP contribution in [-0.2, 0) is 11.3 Å². The van der Waals surface area contributed by atoms with Crippen LogP contribution < -0.4 is 5.32 Å². The minimum absolute atomic E-state index is 0.0719. The number of alkyl halides is 3. The third kappa shape index (κ3) is 5.32. The first-order valence-electron chi connectivity index (χ1n) is 8.45. The summed E-state index contributed by atoms with van der Waals surface area (Å²) in [5, 5.41) is 2.75. The maximum absolute atomic E-state index is 12.6. The zero-order valence-corrected chi connectivity index (χ0v) is 15.4. The number of carbonyl (C=O) groups is 2. The highest BCUT2D eigenvalue weighted by molar-refractivity contribution is 6.05. The van der Waals surface area contributed by atoms with Crippen LogP contribution in [0.3, 0.4) is 0 Å². The van der Waals surface area contributed by atoms with Gasteiger partial charge >= 0.3 is 12.1 Å². The number of hydrogen-bond donors (Lipinski definition) is 1. The zero-order valence-electron chi connectivity index (χ0n) is 15.4. The monoisotopic (exact) mass is 378 g/mol. The molecule has 0 aliphatic rings. The lowest BCUT2D eigenvalue weighted by Crippen LogP contribution is -2.40. The Balaban J connectivity index is 2.15. The molecule has 2 rings (SSSR count). The van der Waals surface area contributed by atoms with E-state index in [0.717, 1.165) is 11.1 Å². The molecule has 2 aromatic rings. The predicted molar refractivity (Wildman–Crippen MR) is 97.5 cm³/mol. The van der Waals surface area contributed by atoms with E-state index in [1.54, 1.807) is 30.3 Å². The van der Waals surface area contributed by atoms with Crippen molar-refractivity contribution < 1.29 is 22.8 Å². The molecule has 4 nitrogen and oxygen atoms in total. The van der Waals surface area contributed by atoms with Gasteiger partial charge < -0.3 is 10.2 Å². The Morgan fingerprint density at radius 2 is 1.78 bits per heavy atom. The van der Waals surface area contributed by atoms with Gasteiger partial charge in [0.05, 0.1) is 0 Å². The molecule has 0 saturated carbocycles. The first-order valence-corrected chi connectivity index (χ1v) is 8.45. The number of rotatable bonds is 5. The van der Waals surface area contributed by atoms with Crippen molar-refractivity contribution in [2.24, 2.45) is 0 Å².